The van der Waals surface area contributed by atoms with Gasteiger partial charge in [0.1, 0.15) is 17.2 Å². The number of phenolic OH excluding ortho intramolecular Hbond substituents is 3. The molecule has 0 bridgehead atoms. The molecule has 3 N–H and O–H groups in total. The van der Waals surface area contributed by atoms with E-state index in [2.05, 4.69) is 25.2 Å². The van der Waals surface area contributed by atoms with Gasteiger partial charge in [-0.1, -0.05) is 60.2 Å². The van der Waals surface area contributed by atoms with E-state index in [1.165, 1.54) is 22.3 Å². The van der Waals surface area contributed by atoms with Gasteiger partial charge in [-0.05, 0) is 90.4 Å². The van der Waals surface area contributed by atoms with Gasteiger partial charge in [0, 0.05) is 5.92 Å². The Labute approximate surface area is 189 Å². The van der Waals surface area contributed by atoms with E-state index in [9.17, 15) is 15.3 Å². The zero-order chi connectivity index (χ0) is 22.5. The highest BCUT2D eigenvalue weighted by atomic mass is 16.3. The van der Waals surface area contributed by atoms with Crippen LogP contribution in [0, 0.1) is 0 Å². The van der Waals surface area contributed by atoms with Gasteiger partial charge in [-0.3, -0.25) is 0 Å². The molecule has 0 spiro atoms. The summed E-state index contributed by atoms with van der Waals surface area (Å²) in [5.41, 5.74) is 7.38. The molecular formula is C29H28O3. The Balaban J connectivity index is 1.56. The summed E-state index contributed by atoms with van der Waals surface area (Å²) in [6.45, 7) is 2.17. The second-order valence-corrected chi connectivity index (χ2v) is 8.41. The van der Waals surface area contributed by atoms with Crippen molar-refractivity contribution in [3.63, 3.8) is 0 Å². The van der Waals surface area contributed by atoms with E-state index in [4.69, 9.17) is 0 Å². The molecule has 0 aromatic heterocycles. The first kappa shape index (κ1) is 21.5. The minimum absolute atomic E-state index is 0.162. The van der Waals surface area contributed by atoms with Crippen LogP contribution in [-0.4, -0.2) is 15.3 Å². The van der Waals surface area contributed by atoms with Gasteiger partial charge in [0.25, 0.3) is 0 Å². The fourth-order valence-electron chi connectivity index (χ4n) is 4.17. The van der Waals surface area contributed by atoms with E-state index in [0.717, 1.165) is 30.4 Å². The molecule has 3 aromatic rings. The third kappa shape index (κ3) is 5.30. The van der Waals surface area contributed by atoms with Gasteiger partial charge in [-0.2, -0.15) is 0 Å². The van der Waals surface area contributed by atoms with Crippen molar-refractivity contribution in [2.24, 2.45) is 0 Å². The van der Waals surface area contributed by atoms with Crippen molar-refractivity contribution in [1.29, 1.82) is 0 Å². The molecular weight excluding hydrogens is 396 g/mol. The predicted molar refractivity (Wildman–Crippen MR) is 129 cm³/mol. The number of hydrogen-bond donors (Lipinski definition) is 3. The lowest BCUT2D eigenvalue weighted by molar-refractivity contribution is 0.474. The van der Waals surface area contributed by atoms with Crippen LogP contribution >= 0.6 is 0 Å². The summed E-state index contributed by atoms with van der Waals surface area (Å²) in [7, 11) is 0. The van der Waals surface area contributed by atoms with Gasteiger partial charge >= 0.3 is 0 Å². The number of benzene rings is 3. The van der Waals surface area contributed by atoms with Gasteiger partial charge in [0.15, 0.2) is 0 Å². The molecule has 0 saturated heterocycles. The fraction of sp³-hybridized carbons (Fsp3) is 0.172. The average molecular weight is 425 g/mol. The molecule has 3 aromatic carbocycles. The molecule has 1 unspecified atom stereocenters. The number of phenols is 3. The predicted octanol–water partition coefficient (Wildman–Crippen LogP) is 6.58. The molecule has 0 amide bonds. The third-order valence-electron chi connectivity index (χ3n) is 6.06. The Morgan fingerprint density at radius 2 is 1.25 bits per heavy atom. The highest BCUT2D eigenvalue weighted by Crippen LogP contribution is 2.34. The van der Waals surface area contributed by atoms with Crippen molar-refractivity contribution in [3.8, 4) is 17.2 Å². The van der Waals surface area contributed by atoms with Crippen LogP contribution in [0.15, 0.2) is 108 Å². The topological polar surface area (TPSA) is 60.7 Å². The maximum absolute atomic E-state index is 9.72. The summed E-state index contributed by atoms with van der Waals surface area (Å²) >= 11 is 0. The molecule has 162 valence electrons. The first-order chi connectivity index (χ1) is 15.5. The van der Waals surface area contributed by atoms with E-state index in [1.54, 1.807) is 36.4 Å². The second-order valence-electron chi connectivity index (χ2n) is 8.41. The maximum Gasteiger partial charge on any atom is 0.115 e. The Morgan fingerprint density at radius 1 is 0.719 bits per heavy atom. The Morgan fingerprint density at radius 3 is 1.78 bits per heavy atom. The fourth-order valence-corrected chi connectivity index (χ4v) is 4.17. The minimum Gasteiger partial charge on any atom is -0.508 e. The van der Waals surface area contributed by atoms with Crippen LogP contribution in [0.3, 0.4) is 0 Å². The molecule has 0 heterocycles. The van der Waals surface area contributed by atoms with Gasteiger partial charge in [0.2, 0.25) is 0 Å². The summed E-state index contributed by atoms with van der Waals surface area (Å²) in [6.07, 6.45) is 9.27. The van der Waals surface area contributed by atoms with E-state index in [1.807, 2.05) is 36.4 Å². The zero-order valence-corrected chi connectivity index (χ0v) is 18.2. The summed E-state index contributed by atoms with van der Waals surface area (Å²) in [6, 6.07) is 22.2. The van der Waals surface area contributed by atoms with Gasteiger partial charge in [-0.15, -0.1) is 0 Å². The molecule has 32 heavy (non-hydrogen) atoms. The van der Waals surface area contributed by atoms with E-state index in [0.29, 0.717) is 0 Å². The van der Waals surface area contributed by atoms with Crippen molar-refractivity contribution in [1.82, 2.24) is 0 Å². The van der Waals surface area contributed by atoms with Crippen LogP contribution in [-0.2, 0) is 12.8 Å². The lowest BCUT2D eigenvalue weighted by Crippen LogP contribution is -2.07. The van der Waals surface area contributed by atoms with Crippen molar-refractivity contribution < 1.29 is 15.3 Å². The number of aromatic hydroxyl groups is 3. The largest absolute Gasteiger partial charge is 0.508 e. The van der Waals surface area contributed by atoms with Crippen molar-refractivity contribution in [3.05, 3.63) is 124 Å². The summed E-state index contributed by atoms with van der Waals surface area (Å²) in [4.78, 5) is 0. The van der Waals surface area contributed by atoms with Crippen LogP contribution in [0.4, 0.5) is 0 Å². The molecule has 1 aliphatic carbocycles. The lowest BCUT2D eigenvalue weighted by Gasteiger charge is -2.22. The van der Waals surface area contributed by atoms with Crippen molar-refractivity contribution in [2.45, 2.75) is 32.1 Å². The maximum atomic E-state index is 9.72. The normalized spacial score (nSPS) is 15.8. The SMILES string of the molecule is CC(Cc1ccc(O)cc1)=C1C=CC(C(Cc2ccc(O)cc2)c2ccc(O)cc2)=CC1. The third-order valence-corrected chi connectivity index (χ3v) is 6.06. The van der Waals surface area contributed by atoms with Crippen LogP contribution < -0.4 is 0 Å². The Hall–Kier alpha value is -3.72. The Bertz CT molecular complexity index is 1150. The first-order valence-corrected chi connectivity index (χ1v) is 10.9. The van der Waals surface area contributed by atoms with Gasteiger partial charge < -0.3 is 15.3 Å². The van der Waals surface area contributed by atoms with Crippen molar-refractivity contribution in [2.75, 3.05) is 0 Å². The van der Waals surface area contributed by atoms with Crippen LogP contribution in [0.2, 0.25) is 0 Å². The van der Waals surface area contributed by atoms with Crippen LogP contribution in [0.25, 0.3) is 0 Å². The Kier molecular flexibility index (Phi) is 6.46. The molecule has 0 aliphatic heterocycles. The van der Waals surface area contributed by atoms with E-state index >= 15 is 0 Å². The highest BCUT2D eigenvalue weighted by molar-refractivity contribution is 5.46. The molecule has 0 fully saturated rings. The molecule has 3 nitrogen and oxygen atoms in total. The summed E-state index contributed by atoms with van der Waals surface area (Å²) in [5.74, 6) is 0.986. The number of allylic oxidation sites excluding steroid dienone is 6. The molecule has 4 rings (SSSR count). The van der Waals surface area contributed by atoms with E-state index in [-0.39, 0.29) is 23.2 Å². The summed E-state index contributed by atoms with van der Waals surface area (Å²) < 4.78 is 0. The average Bonchev–Trinajstić information content (AvgIpc) is 2.81. The molecule has 0 radical (unpaired) electrons. The second kappa shape index (κ2) is 9.61. The lowest BCUT2D eigenvalue weighted by atomic mass is 9.82. The van der Waals surface area contributed by atoms with Crippen LogP contribution in [0.5, 0.6) is 17.2 Å². The first-order valence-electron chi connectivity index (χ1n) is 10.9. The quantitative estimate of drug-likeness (QED) is 0.419. The number of rotatable bonds is 6. The smallest absolute Gasteiger partial charge is 0.115 e. The van der Waals surface area contributed by atoms with Crippen LogP contribution in [0.1, 0.15) is 36.0 Å². The summed E-state index contributed by atoms with van der Waals surface area (Å²) in [5, 5.41) is 28.8. The standard InChI is InChI=1S/C29H28O3/c1-20(18-21-2-12-26(30)13-3-21)23-6-8-24(9-7-23)29(25-10-16-28(32)17-11-25)19-22-4-14-27(31)15-5-22/h2-6,8-17,29-32H,7,18-19H2,1H3. The van der Waals surface area contributed by atoms with Gasteiger partial charge in [0.05, 0.1) is 0 Å². The van der Waals surface area contributed by atoms with E-state index < -0.39 is 0 Å². The molecule has 1 atom stereocenters. The van der Waals surface area contributed by atoms with Crippen molar-refractivity contribution >= 4 is 0 Å². The minimum atomic E-state index is 0.162. The highest BCUT2D eigenvalue weighted by Gasteiger charge is 2.18. The monoisotopic (exact) mass is 424 g/mol. The molecule has 0 saturated carbocycles. The van der Waals surface area contributed by atoms with Gasteiger partial charge in [-0.25, -0.2) is 0 Å². The molecule has 1 aliphatic rings. The zero-order valence-electron chi connectivity index (χ0n) is 18.2. The number of hydrogen-bond acceptors (Lipinski definition) is 3. The molecule has 3 heteroatoms.